The maximum atomic E-state index is 12.7. The number of carboxylic acids is 1. The quantitative estimate of drug-likeness (QED) is 0.892. The highest BCUT2D eigenvalue weighted by Crippen LogP contribution is 2.14. The summed E-state index contributed by atoms with van der Waals surface area (Å²) < 4.78 is 7.08. The first-order valence-corrected chi connectivity index (χ1v) is 8.15. The zero-order valence-corrected chi connectivity index (χ0v) is 14.0. The van der Waals surface area contributed by atoms with Crippen LogP contribution in [0.5, 0.6) is 0 Å². The number of hydrogen-bond acceptors (Lipinski definition) is 4. The third-order valence-electron chi connectivity index (χ3n) is 4.49. The highest BCUT2D eigenvalue weighted by molar-refractivity contribution is 5.83. The molecule has 25 heavy (non-hydrogen) atoms. The standard InChI is InChI=1S/C18H20N2O5/c1-12-8-16(21)14-4-2-3-5-15(14)20(12)10-17(22)19-6-7-25-11-13(9-19)18(23)24/h2-5,8,13H,6-7,9-11H2,1H3,(H,23,24). The lowest BCUT2D eigenvalue weighted by atomic mass is 10.1. The Kier molecular flexibility index (Phi) is 4.85. The van der Waals surface area contributed by atoms with Gasteiger partial charge in [0.1, 0.15) is 6.54 Å². The molecule has 7 heteroatoms. The lowest BCUT2D eigenvalue weighted by molar-refractivity contribution is -0.144. The second-order valence-electron chi connectivity index (χ2n) is 6.20. The summed E-state index contributed by atoms with van der Waals surface area (Å²) in [5, 5.41) is 9.77. The van der Waals surface area contributed by atoms with Crippen molar-refractivity contribution in [1.29, 1.82) is 0 Å². The molecular formula is C18H20N2O5. The Morgan fingerprint density at radius 1 is 1.32 bits per heavy atom. The molecule has 1 aromatic carbocycles. The molecule has 0 saturated carbocycles. The van der Waals surface area contributed by atoms with Crippen LogP contribution in [0.2, 0.25) is 0 Å². The lowest BCUT2D eigenvalue weighted by Crippen LogP contribution is -2.40. The van der Waals surface area contributed by atoms with E-state index in [9.17, 15) is 19.5 Å². The Balaban J connectivity index is 1.89. The molecular weight excluding hydrogens is 324 g/mol. The fourth-order valence-electron chi connectivity index (χ4n) is 3.08. The smallest absolute Gasteiger partial charge is 0.310 e. The van der Waals surface area contributed by atoms with Crippen LogP contribution >= 0.6 is 0 Å². The summed E-state index contributed by atoms with van der Waals surface area (Å²) in [6, 6.07) is 8.67. The molecule has 1 N–H and O–H groups in total. The lowest BCUT2D eigenvalue weighted by Gasteiger charge is -2.23. The fourth-order valence-corrected chi connectivity index (χ4v) is 3.08. The minimum absolute atomic E-state index is 0.0545. The molecule has 1 unspecified atom stereocenters. The number of hydrogen-bond donors (Lipinski definition) is 1. The maximum absolute atomic E-state index is 12.7. The third kappa shape index (κ3) is 3.56. The zero-order chi connectivity index (χ0) is 18.0. The van der Waals surface area contributed by atoms with Gasteiger partial charge in [-0.25, -0.2) is 0 Å². The van der Waals surface area contributed by atoms with Gasteiger partial charge in [0, 0.05) is 30.2 Å². The topological polar surface area (TPSA) is 88.8 Å². The Morgan fingerprint density at radius 2 is 2.08 bits per heavy atom. The van der Waals surface area contributed by atoms with Crippen LogP contribution in [-0.2, 0) is 20.9 Å². The number of aryl methyl sites for hydroxylation is 1. The van der Waals surface area contributed by atoms with Gasteiger partial charge < -0.3 is 19.3 Å². The SMILES string of the molecule is Cc1cc(=O)c2ccccc2n1CC(=O)N1CCOCC(C(=O)O)C1. The van der Waals surface area contributed by atoms with Crippen molar-refractivity contribution in [2.45, 2.75) is 13.5 Å². The molecule has 1 aliphatic rings. The first-order chi connectivity index (χ1) is 12.0. The van der Waals surface area contributed by atoms with Crippen molar-refractivity contribution in [3.8, 4) is 0 Å². The van der Waals surface area contributed by atoms with Gasteiger partial charge in [-0.3, -0.25) is 14.4 Å². The summed E-state index contributed by atoms with van der Waals surface area (Å²) in [6.45, 7) is 2.76. The monoisotopic (exact) mass is 344 g/mol. The van der Waals surface area contributed by atoms with Crippen molar-refractivity contribution in [1.82, 2.24) is 9.47 Å². The number of nitrogens with zero attached hydrogens (tertiary/aromatic N) is 2. The van der Waals surface area contributed by atoms with E-state index in [1.807, 2.05) is 12.1 Å². The van der Waals surface area contributed by atoms with Crippen molar-refractivity contribution < 1.29 is 19.4 Å². The molecule has 3 rings (SSSR count). The van der Waals surface area contributed by atoms with E-state index in [4.69, 9.17) is 4.74 Å². The number of fused-ring (bicyclic) bond motifs is 1. The van der Waals surface area contributed by atoms with Crippen LogP contribution in [0.1, 0.15) is 5.69 Å². The first-order valence-electron chi connectivity index (χ1n) is 8.15. The van der Waals surface area contributed by atoms with Crippen molar-refractivity contribution in [3.05, 3.63) is 46.2 Å². The maximum Gasteiger partial charge on any atom is 0.310 e. The van der Waals surface area contributed by atoms with E-state index < -0.39 is 11.9 Å². The van der Waals surface area contributed by atoms with E-state index in [1.54, 1.807) is 23.6 Å². The molecule has 7 nitrogen and oxygen atoms in total. The van der Waals surface area contributed by atoms with Gasteiger partial charge in [0.25, 0.3) is 0 Å². The fraction of sp³-hybridized carbons (Fsp3) is 0.389. The van der Waals surface area contributed by atoms with Crippen LogP contribution in [0.25, 0.3) is 10.9 Å². The van der Waals surface area contributed by atoms with Crippen molar-refractivity contribution in [2.24, 2.45) is 5.92 Å². The molecule has 132 valence electrons. The number of carboxylic acid groups (broad SMARTS) is 1. The van der Waals surface area contributed by atoms with Crippen LogP contribution in [0, 0.1) is 12.8 Å². The van der Waals surface area contributed by atoms with Crippen LogP contribution in [0.15, 0.2) is 35.1 Å². The Hall–Kier alpha value is -2.67. The third-order valence-corrected chi connectivity index (χ3v) is 4.49. The summed E-state index contributed by atoms with van der Waals surface area (Å²) in [5.74, 6) is -1.88. The number of para-hydroxylation sites is 1. The summed E-state index contributed by atoms with van der Waals surface area (Å²) >= 11 is 0. The molecule has 1 aromatic heterocycles. The van der Waals surface area contributed by atoms with Crippen LogP contribution in [0.4, 0.5) is 0 Å². The molecule has 0 spiro atoms. The van der Waals surface area contributed by atoms with E-state index in [-0.39, 0.29) is 31.0 Å². The first kappa shape index (κ1) is 17.2. The normalized spacial score (nSPS) is 18.1. The number of ether oxygens (including phenoxy) is 1. The minimum atomic E-state index is -0.968. The van der Waals surface area contributed by atoms with Gasteiger partial charge in [0.2, 0.25) is 5.91 Å². The number of carbonyl (C=O) groups is 2. The second-order valence-corrected chi connectivity index (χ2v) is 6.20. The molecule has 1 fully saturated rings. The summed E-state index contributed by atoms with van der Waals surface area (Å²) in [5.41, 5.74) is 1.31. The number of pyridine rings is 1. The predicted molar refractivity (Wildman–Crippen MR) is 91.5 cm³/mol. The van der Waals surface area contributed by atoms with E-state index in [2.05, 4.69) is 0 Å². The Bertz CT molecular complexity index is 873. The van der Waals surface area contributed by atoms with Crippen LogP contribution in [0.3, 0.4) is 0 Å². The highest BCUT2D eigenvalue weighted by atomic mass is 16.5. The van der Waals surface area contributed by atoms with Crippen molar-refractivity contribution in [2.75, 3.05) is 26.3 Å². The van der Waals surface area contributed by atoms with E-state index in [0.29, 0.717) is 29.7 Å². The van der Waals surface area contributed by atoms with Gasteiger partial charge in [-0.15, -0.1) is 0 Å². The summed E-state index contributed by atoms with van der Waals surface area (Å²) in [6.07, 6.45) is 0. The number of rotatable bonds is 3. The molecule has 0 radical (unpaired) electrons. The number of benzene rings is 1. The molecule has 1 aliphatic heterocycles. The minimum Gasteiger partial charge on any atom is -0.481 e. The van der Waals surface area contributed by atoms with Crippen molar-refractivity contribution in [3.63, 3.8) is 0 Å². The summed E-state index contributed by atoms with van der Waals surface area (Å²) in [4.78, 5) is 37.6. The largest absolute Gasteiger partial charge is 0.481 e. The Labute approximate surface area is 144 Å². The van der Waals surface area contributed by atoms with Gasteiger partial charge >= 0.3 is 5.97 Å². The van der Waals surface area contributed by atoms with Crippen molar-refractivity contribution >= 4 is 22.8 Å². The molecule has 2 aromatic rings. The second kappa shape index (κ2) is 7.06. The van der Waals surface area contributed by atoms with E-state index >= 15 is 0 Å². The average molecular weight is 344 g/mol. The molecule has 0 aliphatic carbocycles. The van der Waals surface area contributed by atoms with Gasteiger partial charge in [0.05, 0.1) is 24.6 Å². The number of amides is 1. The van der Waals surface area contributed by atoms with E-state index in [1.165, 1.54) is 11.0 Å². The molecule has 1 amide bonds. The van der Waals surface area contributed by atoms with Gasteiger partial charge in [-0.2, -0.15) is 0 Å². The van der Waals surface area contributed by atoms with E-state index in [0.717, 1.165) is 0 Å². The van der Waals surface area contributed by atoms with Crippen LogP contribution in [-0.4, -0.2) is 52.8 Å². The molecule has 1 atom stereocenters. The molecule has 1 saturated heterocycles. The van der Waals surface area contributed by atoms with Gasteiger partial charge in [-0.1, -0.05) is 12.1 Å². The number of carbonyl (C=O) groups excluding carboxylic acids is 1. The van der Waals surface area contributed by atoms with Crippen LogP contribution < -0.4 is 5.43 Å². The van der Waals surface area contributed by atoms with Gasteiger partial charge in [0.15, 0.2) is 5.43 Å². The summed E-state index contributed by atoms with van der Waals surface area (Å²) in [7, 11) is 0. The number of aliphatic carboxylic acids is 1. The Morgan fingerprint density at radius 3 is 2.84 bits per heavy atom. The highest BCUT2D eigenvalue weighted by Gasteiger charge is 2.27. The molecule has 2 heterocycles. The number of aromatic nitrogens is 1. The predicted octanol–water partition coefficient (Wildman–Crippen LogP) is 0.870. The zero-order valence-electron chi connectivity index (χ0n) is 14.0. The average Bonchev–Trinajstić information content (AvgIpc) is 2.85. The van der Waals surface area contributed by atoms with Gasteiger partial charge in [-0.05, 0) is 19.1 Å². The molecule has 0 bridgehead atoms.